The quantitative estimate of drug-likeness (QED) is 0.697. The van der Waals surface area contributed by atoms with Crippen LogP contribution in [-0.4, -0.2) is 78.6 Å². The van der Waals surface area contributed by atoms with Crippen LogP contribution in [0, 0.1) is 18.8 Å². The van der Waals surface area contributed by atoms with E-state index in [0.717, 1.165) is 74.6 Å². The first-order valence-corrected chi connectivity index (χ1v) is 11.1. The van der Waals surface area contributed by atoms with Gasteiger partial charge >= 0.3 is 0 Å². The summed E-state index contributed by atoms with van der Waals surface area (Å²) in [6.07, 6.45) is 4.20. The minimum Gasteiger partial charge on any atom is -0.365 e. The van der Waals surface area contributed by atoms with Crippen LogP contribution in [0.25, 0.3) is 0 Å². The molecule has 2 aromatic rings. The summed E-state index contributed by atoms with van der Waals surface area (Å²) >= 11 is 1.66. The van der Waals surface area contributed by atoms with E-state index in [-0.39, 0.29) is 0 Å². The molecule has 0 aliphatic carbocycles. The monoisotopic (exact) mass is 412 g/mol. The van der Waals surface area contributed by atoms with E-state index in [1.54, 1.807) is 11.3 Å². The van der Waals surface area contributed by atoms with Crippen molar-refractivity contribution in [2.75, 3.05) is 62.2 Å². The molecule has 0 saturated carbocycles. The predicted octanol–water partition coefficient (Wildman–Crippen LogP) is 2.05. The highest BCUT2D eigenvalue weighted by molar-refractivity contribution is 7.15. The van der Waals surface area contributed by atoms with Crippen LogP contribution in [0.2, 0.25) is 0 Å². The molecule has 7 nitrogen and oxygen atoms in total. The fourth-order valence-electron chi connectivity index (χ4n) is 3.68. The summed E-state index contributed by atoms with van der Waals surface area (Å²) in [7, 11) is 0. The maximum atomic E-state index is 5.97. The summed E-state index contributed by atoms with van der Waals surface area (Å²) in [4.78, 5) is 11.5. The fourth-order valence-corrected chi connectivity index (χ4v) is 4.42. The topological polar surface area (TPSA) is 57.6 Å². The Balaban J connectivity index is 1.11. The van der Waals surface area contributed by atoms with Crippen molar-refractivity contribution >= 4 is 22.3 Å². The number of piperidine rings is 1. The van der Waals surface area contributed by atoms with Crippen molar-refractivity contribution < 1.29 is 4.74 Å². The zero-order valence-corrected chi connectivity index (χ0v) is 17.8. The zero-order valence-electron chi connectivity index (χ0n) is 17.0. The molecule has 154 valence electrons. The Morgan fingerprint density at radius 3 is 2.55 bits per heavy atom. The fraction of sp³-hybridized carbons (Fsp3) is 0.571. The van der Waals surface area contributed by atoms with Gasteiger partial charge in [-0.1, -0.05) is 29.2 Å². The Morgan fingerprint density at radius 2 is 1.86 bits per heavy atom. The molecule has 0 amide bonds. The van der Waals surface area contributed by atoms with Gasteiger partial charge in [-0.15, -0.1) is 10.2 Å². The van der Waals surface area contributed by atoms with Crippen LogP contribution in [0.3, 0.4) is 0 Å². The highest BCUT2D eigenvalue weighted by Gasteiger charge is 2.21. The van der Waals surface area contributed by atoms with Gasteiger partial charge in [-0.3, -0.25) is 4.90 Å². The lowest BCUT2D eigenvalue weighted by molar-refractivity contribution is 0.0594. The lowest BCUT2D eigenvalue weighted by atomic mass is 10.1. The van der Waals surface area contributed by atoms with Crippen LogP contribution in [0.4, 0.5) is 10.9 Å². The summed E-state index contributed by atoms with van der Waals surface area (Å²) in [6, 6.07) is 6.08. The van der Waals surface area contributed by atoms with E-state index in [2.05, 4.69) is 47.8 Å². The minimum atomic E-state index is 0.302. The summed E-state index contributed by atoms with van der Waals surface area (Å²) in [5, 5.41) is 10.4. The van der Waals surface area contributed by atoms with Gasteiger partial charge in [-0.2, -0.15) is 0 Å². The molecule has 2 aliphatic heterocycles. The molecule has 0 bridgehead atoms. The van der Waals surface area contributed by atoms with Crippen molar-refractivity contribution in [3.8, 4) is 11.8 Å². The number of hydrogen-bond donors (Lipinski definition) is 0. The molecule has 0 unspecified atom stereocenters. The van der Waals surface area contributed by atoms with Gasteiger partial charge in [0.2, 0.25) is 5.13 Å². The average molecular weight is 413 g/mol. The van der Waals surface area contributed by atoms with Crippen LogP contribution in [0.15, 0.2) is 24.4 Å². The van der Waals surface area contributed by atoms with Crippen molar-refractivity contribution in [3.63, 3.8) is 0 Å². The van der Waals surface area contributed by atoms with E-state index in [1.165, 1.54) is 0 Å². The lowest BCUT2D eigenvalue weighted by Gasteiger charge is -2.34. The molecule has 2 aliphatic rings. The highest BCUT2D eigenvalue weighted by atomic mass is 32.1. The van der Waals surface area contributed by atoms with Gasteiger partial charge in [0.1, 0.15) is 17.4 Å². The normalized spacial score (nSPS) is 18.5. The van der Waals surface area contributed by atoms with E-state index in [9.17, 15) is 0 Å². The van der Waals surface area contributed by atoms with Crippen molar-refractivity contribution in [2.24, 2.45) is 0 Å². The molecule has 0 N–H and O–H groups in total. The molecule has 8 heteroatoms. The molecule has 0 radical (unpaired) electrons. The SMILES string of the molecule is Cc1nnc(N2CCC(OCC#CCN3CCN(c4ccccn4)CC3)CC2)s1. The van der Waals surface area contributed by atoms with Crippen LogP contribution >= 0.6 is 11.3 Å². The van der Waals surface area contributed by atoms with Crippen molar-refractivity contribution in [3.05, 3.63) is 29.4 Å². The van der Waals surface area contributed by atoms with Crippen molar-refractivity contribution in [1.82, 2.24) is 20.1 Å². The largest absolute Gasteiger partial charge is 0.365 e. The number of aryl methyl sites for hydroxylation is 1. The Kier molecular flexibility index (Phi) is 6.93. The third-order valence-corrected chi connectivity index (χ3v) is 6.29. The molecule has 0 atom stereocenters. The summed E-state index contributed by atoms with van der Waals surface area (Å²) in [5.74, 6) is 7.54. The summed E-state index contributed by atoms with van der Waals surface area (Å²) in [5.41, 5.74) is 0. The third-order valence-electron chi connectivity index (χ3n) is 5.39. The van der Waals surface area contributed by atoms with Gasteiger partial charge in [0.05, 0.1) is 12.6 Å². The number of anilines is 2. The van der Waals surface area contributed by atoms with Crippen LogP contribution in [0.1, 0.15) is 17.8 Å². The van der Waals surface area contributed by atoms with Crippen LogP contribution in [0.5, 0.6) is 0 Å². The Morgan fingerprint density at radius 1 is 1.03 bits per heavy atom. The van der Waals surface area contributed by atoms with Crippen molar-refractivity contribution in [1.29, 1.82) is 0 Å². The molecule has 2 fully saturated rings. The number of ether oxygens (including phenoxy) is 1. The van der Waals surface area contributed by atoms with Crippen LogP contribution in [-0.2, 0) is 4.74 Å². The molecular weight excluding hydrogens is 384 g/mol. The summed E-state index contributed by atoms with van der Waals surface area (Å²) < 4.78 is 5.97. The van der Waals surface area contributed by atoms with Crippen LogP contribution < -0.4 is 9.80 Å². The van der Waals surface area contributed by atoms with E-state index in [0.29, 0.717) is 12.7 Å². The predicted molar refractivity (Wildman–Crippen MR) is 116 cm³/mol. The van der Waals surface area contributed by atoms with Gasteiger partial charge < -0.3 is 14.5 Å². The first-order valence-electron chi connectivity index (χ1n) is 10.3. The summed E-state index contributed by atoms with van der Waals surface area (Å²) in [6.45, 7) is 9.34. The molecule has 0 spiro atoms. The molecule has 29 heavy (non-hydrogen) atoms. The second-order valence-corrected chi connectivity index (χ2v) is 8.57. The van der Waals surface area contributed by atoms with E-state index < -0.39 is 0 Å². The first kappa shape index (κ1) is 20.1. The number of piperazine rings is 1. The average Bonchev–Trinajstić information content (AvgIpc) is 3.21. The van der Waals surface area contributed by atoms with Gasteiger partial charge in [0, 0.05) is 45.5 Å². The van der Waals surface area contributed by atoms with Crippen molar-refractivity contribution in [2.45, 2.75) is 25.9 Å². The van der Waals surface area contributed by atoms with Gasteiger partial charge in [-0.05, 0) is 31.9 Å². The molecular formula is C21H28N6OS. The van der Waals surface area contributed by atoms with E-state index in [4.69, 9.17) is 4.74 Å². The Labute approximate surface area is 176 Å². The molecule has 2 aromatic heterocycles. The van der Waals surface area contributed by atoms with E-state index >= 15 is 0 Å². The minimum absolute atomic E-state index is 0.302. The second kappa shape index (κ2) is 10.0. The van der Waals surface area contributed by atoms with Gasteiger partial charge in [-0.25, -0.2) is 4.98 Å². The van der Waals surface area contributed by atoms with Gasteiger partial charge in [0.15, 0.2) is 0 Å². The number of rotatable bonds is 5. The highest BCUT2D eigenvalue weighted by Crippen LogP contribution is 2.24. The standard InChI is InChI=1S/C21H28N6OS/c1-18-23-24-21(29-18)27-11-7-19(8-12-27)28-17-5-4-10-25-13-15-26(16-14-25)20-6-2-3-9-22-20/h2-3,6,9,19H,7-8,10-17H2,1H3. The first-order chi connectivity index (χ1) is 14.3. The molecule has 0 aromatic carbocycles. The molecule has 4 rings (SSSR count). The Bertz CT molecular complexity index is 816. The Hall–Kier alpha value is -2.21. The smallest absolute Gasteiger partial charge is 0.208 e. The molecule has 2 saturated heterocycles. The number of pyridine rings is 1. The number of hydrogen-bond acceptors (Lipinski definition) is 8. The number of nitrogens with zero attached hydrogens (tertiary/aromatic N) is 6. The zero-order chi connectivity index (χ0) is 19.9. The molecule has 4 heterocycles. The lowest BCUT2D eigenvalue weighted by Crippen LogP contribution is -2.46. The van der Waals surface area contributed by atoms with Gasteiger partial charge in [0.25, 0.3) is 0 Å². The maximum Gasteiger partial charge on any atom is 0.208 e. The maximum absolute atomic E-state index is 5.97. The van der Waals surface area contributed by atoms with E-state index in [1.807, 2.05) is 25.3 Å². The second-order valence-electron chi connectivity index (χ2n) is 7.41. The third kappa shape index (κ3) is 5.66. The number of aromatic nitrogens is 3.